The number of anilines is 2. The second kappa shape index (κ2) is 38.7. The quantitative estimate of drug-likeness (QED) is 0.0288. The van der Waals surface area contributed by atoms with Gasteiger partial charge in [-0.3, -0.25) is 48.7 Å². The van der Waals surface area contributed by atoms with Crippen LogP contribution in [-0.2, 0) is 22.1 Å². The number of rotatable bonds is 9. The molecule has 0 aliphatic heterocycles. The third kappa shape index (κ3) is 22.5. The van der Waals surface area contributed by atoms with Crippen molar-refractivity contribution in [2.24, 2.45) is 16.5 Å². The lowest BCUT2D eigenvalue weighted by Crippen LogP contribution is -2.25. The summed E-state index contributed by atoms with van der Waals surface area (Å²) in [5.41, 5.74) is 30.6. The molecule has 0 fully saturated rings. The van der Waals surface area contributed by atoms with Gasteiger partial charge in [0.1, 0.15) is 40.7 Å². The molecule has 40 heteroatoms. The molecule has 0 spiro atoms. The number of aliphatic imine (C=N–C) groups is 1. The molecule has 2 atom stereocenters. The monoisotopic (exact) mass is 1670 g/mol. The van der Waals surface area contributed by atoms with E-state index < -0.39 is 34.3 Å². The Morgan fingerprint density at radius 3 is 1.65 bits per heavy atom. The molecule has 19 rings (SSSR count). The highest BCUT2D eigenvalue weighted by molar-refractivity contribution is 8.24. The molecule has 30 nitrogen and oxygen atoms in total. The van der Waals surface area contributed by atoms with Crippen molar-refractivity contribution >= 4 is 109 Å². The molecule has 13 aromatic heterocycles. The summed E-state index contributed by atoms with van der Waals surface area (Å²) in [7, 11) is 0. The minimum Gasteiger partial charge on any atom is -0.478 e. The molecule has 0 radical (unpaired) electrons. The predicted octanol–water partition coefficient (Wildman–Crippen LogP) is 14.8. The zero-order chi connectivity index (χ0) is 81.8. The van der Waals surface area contributed by atoms with Crippen molar-refractivity contribution in [3.63, 3.8) is 0 Å². The van der Waals surface area contributed by atoms with Crippen molar-refractivity contribution in [3.05, 3.63) is 292 Å². The molecule has 0 amide bonds. The molecule has 592 valence electrons. The summed E-state index contributed by atoms with van der Waals surface area (Å²) in [6, 6.07) is 24.5. The molecule has 13 heterocycles. The van der Waals surface area contributed by atoms with Crippen LogP contribution in [0.1, 0.15) is 78.8 Å². The van der Waals surface area contributed by atoms with E-state index in [9.17, 15) is 31.3 Å². The number of H-pyrrole nitrogens is 3. The topological polar surface area (TPSA) is 424 Å². The van der Waals surface area contributed by atoms with Gasteiger partial charge >= 0.3 is 10.9 Å². The minimum absolute atomic E-state index is 0.0514. The zero-order valence-corrected chi connectivity index (χ0v) is 64.8. The van der Waals surface area contributed by atoms with E-state index in [0.29, 0.717) is 81.5 Å². The first-order valence-electron chi connectivity index (χ1n) is 35.1. The number of fused-ring (bicyclic) bond motifs is 7. The number of hydrogen-bond donors (Lipinski definition) is 8. The number of amidine groups is 1. The first-order valence-corrected chi connectivity index (χ1v) is 39.9. The SMILES string of the molecule is CCOC(=N)c1cncc(F)c1.Fc1cncc(-c2nc(Cl)n3ccnc3n2)c1.Fc1cncc(-c2nc(N[C@@H]3CCC4=C(C3)c3ccccc3C4)n3ccnc3n2)c1.NC(=Nc1ncc[nH]1)c1cncc(F)c1.N[C@@H]1CCC2=C(C1)c1ccccc1C2.Nc1ncc[nH]1.O=P(Cl)(Cl)Cl.O=c1[nH]c(-c2cncc(F)c2)nc2nccn12. The molecular formula is C76H67Cl4F5N27O3P. The second-order valence-corrected chi connectivity index (χ2v) is 32.3. The van der Waals surface area contributed by atoms with Crippen LogP contribution >= 0.6 is 50.5 Å². The fourth-order valence-electron chi connectivity index (χ4n) is 12.3. The van der Waals surface area contributed by atoms with Crippen LogP contribution in [0.3, 0.4) is 0 Å². The van der Waals surface area contributed by atoms with Gasteiger partial charge in [-0.25, -0.2) is 56.1 Å². The maximum atomic E-state index is 13.7. The van der Waals surface area contributed by atoms with Crippen molar-refractivity contribution in [3.8, 4) is 34.2 Å². The smallest absolute Gasteiger partial charge is 0.339 e. The Morgan fingerprint density at radius 2 is 1.09 bits per heavy atom. The number of aromatic amines is 3. The summed E-state index contributed by atoms with van der Waals surface area (Å²) in [6.45, 7) is 2.16. The van der Waals surface area contributed by atoms with Crippen molar-refractivity contribution in [1.82, 2.24) is 103 Å². The zero-order valence-electron chi connectivity index (χ0n) is 60.9. The van der Waals surface area contributed by atoms with Crippen molar-refractivity contribution in [2.45, 2.75) is 70.4 Å². The molecule has 4 aliphatic carbocycles. The molecule has 15 aromatic rings. The molecular weight excluding hydrogens is 1610 g/mol. The maximum absolute atomic E-state index is 13.7. The van der Waals surface area contributed by atoms with E-state index in [4.69, 9.17) is 38.9 Å². The first-order chi connectivity index (χ1) is 55.9. The molecule has 4 aliphatic rings. The second-order valence-electron chi connectivity index (χ2n) is 25.3. The Balaban J connectivity index is 0.000000128. The highest BCUT2D eigenvalue weighted by Crippen LogP contribution is 2.61. The molecule has 11 N–H and O–H groups in total. The van der Waals surface area contributed by atoms with Gasteiger partial charge < -0.3 is 37.2 Å². The first kappa shape index (κ1) is 82.5. The Bertz CT molecular complexity index is 6140. The van der Waals surface area contributed by atoms with Crippen LogP contribution in [0.25, 0.3) is 62.6 Å². The number of nitrogens with two attached hydrogens (primary N) is 3. The summed E-state index contributed by atoms with van der Waals surface area (Å²) in [4.78, 5) is 83.3. The van der Waals surface area contributed by atoms with E-state index in [0.717, 1.165) is 56.9 Å². The van der Waals surface area contributed by atoms with Crippen molar-refractivity contribution in [2.75, 3.05) is 17.7 Å². The molecule has 0 saturated heterocycles. The third-order valence-electron chi connectivity index (χ3n) is 17.4. The Hall–Kier alpha value is -12.9. The van der Waals surface area contributed by atoms with Crippen LogP contribution in [0, 0.1) is 34.5 Å². The number of pyridine rings is 5. The van der Waals surface area contributed by atoms with Gasteiger partial charge in [-0.15, -0.1) is 0 Å². The number of benzene rings is 2. The largest absolute Gasteiger partial charge is 0.478 e. The summed E-state index contributed by atoms with van der Waals surface area (Å²) in [5, 5.41) is 7.89. The van der Waals surface area contributed by atoms with Gasteiger partial charge in [0.05, 0.1) is 43.2 Å². The Kier molecular flexibility index (Phi) is 27.6. The van der Waals surface area contributed by atoms with Crippen molar-refractivity contribution in [1.29, 1.82) is 5.41 Å². The van der Waals surface area contributed by atoms with E-state index in [-0.39, 0.29) is 40.4 Å². The van der Waals surface area contributed by atoms with E-state index in [1.54, 1.807) is 73.2 Å². The molecule has 116 heavy (non-hydrogen) atoms. The summed E-state index contributed by atoms with van der Waals surface area (Å²) < 4.78 is 84.1. The highest BCUT2D eigenvalue weighted by atomic mass is 36.0. The fraction of sp³-hybridized carbons (Fsp3) is 0.158. The number of nitrogens with zero attached hydrogens (tertiary/aromatic N) is 19. The van der Waals surface area contributed by atoms with Crippen LogP contribution < -0.4 is 28.2 Å². The van der Waals surface area contributed by atoms with E-state index in [2.05, 4.69) is 182 Å². The van der Waals surface area contributed by atoms with Gasteiger partial charge in [-0.05, 0) is 167 Å². The third-order valence-corrected chi connectivity index (χ3v) is 17.6. The fourth-order valence-corrected chi connectivity index (χ4v) is 12.5. The Morgan fingerprint density at radius 1 is 0.603 bits per heavy atom. The average Bonchev–Trinajstić information content (AvgIpc) is 1.57. The average molecular weight is 1670 g/mol. The standard InChI is InChI=1S/C23H19FN6.C13H15N.C10H5ClFN5.C10H6FN5O.C9H8FN5.C8H9FN2O.C3H5N3.Cl3OP/c24-17-10-16(12-25-13-17)21-28-22-26-7-8-30(22)23(29-21)27-18-6-5-15-9-14-3-1-2-4-19(14)20(15)11-18;14-11-6-5-10-7-9-3-1-2-4-12(9)13(10)8-11;11-9-15-8(6-3-7(12)5-13-4-6)16-10-14-1-2-17(9)10;11-7-3-6(4-12-5-7)8-14-9-13-1-2-16(9)10(17)15-8;10-7-3-6(4-12-5-7)8(11)15-9-13-1-2-14-9;1-2-12-8(10)6-3-7(9)5-11-4-6;4-3-5-1-2-6-3;1-5(2,3)4/h1-4,7-8,10,12-13,18H,5-6,9,11H2,(H,26,27,28,29);1-4,11H,5-8,14H2;1-5H;1-5H,(H,13,14,15,17);1-5H,(H3,11,13,14,15);3-5,10H,2H2,1H3;1-2H,(H3,4,5,6);/t18-;11-;;;;;;/m11....../s1. The van der Waals surface area contributed by atoms with Crippen LogP contribution in [0.5, 0.6) is 0 Å². The lowest BCUT2D eigenvalue weighted by Gasteiger charge is -2.26. The van der Waals surface area contributed by atoms with Crippen LogP contribution in [-0.4, -0.2) is 133 Å². The number of allylic oxidation sites excluding steroid dienone is 2. The van der Waals surface area contributed by atoms with Crippen LogP contribution in [0.4, 0.5) is 39.8 Å². The number of nitrogen functional groups attached to an aromatic ring is 1. The lowest BCUT2D eigenvalue weighted by atomic mass is 9.88. The molecule has 2 aromatic carbocycles. The predicted molar refractivity (Wildman–Crippen MR) is 431 cm³/mol. The number of aromatic nitrogens is 21. The lowest BCUT2D eigenvalue weighted by molar-refractivity contribution is 0.325. The number of imidazole rings is 5. The van der Waals surface area contributed by atoms with Crippen LogP contribution in [0.15, 0.2) is 224 Å². The van der Waals surface area contributed by atoms with Gasteiger partial charge in [0.25, 0.3) is 0 Å². The molecule has 0 bridgehead atoms. The number of ether oxygens (including phenoxy) is 1. The number of nitrogens with one attached hydrogen (secondary N) is 5. The summed E-state index contributed by atoms with van der Waals surface area (Å²) >= 11 is 19.8. The minimum atomic E-state index is -3.22. The van der Waals surface area contributed by atoms with Gasteiger partial charge in [0, 0.05) is 127 Å². The van der Waals surface area contributed by atoms with Gasteiger partial charge in [0.15, 0.2) is 17.6 Å². The van der Waals surface area contributed by atoms with Gasteiger partial charge in [-0.2, -0.15) is 29.9 Å². The van der Waals surface area contributed by atoms with E-state index in [1.165, 1.54) is 130 Å². The molecule has 0 unspecified atom stereocenters. The summed E-state index contributed by atoms with van der Waals surface area (Å²) in [5.74, 6) is 1.46. The van der Waals surface area contributed by atoms with Crippen LogP contribution in [0.2, 0.25) is 5.28 Å². The maximum Gasteiger partial charge on any atom is 0.339 e. The van der Waals surface area contributed by atoms with E-state index >= 15 is 0 Å². The number of hydrogen-bond acceptors (Lipinski definition) is 23. The summed E-state index contributed by atoms with van der Waals surface area (Å²) in [6.07, 6.45) is 37.8. The Labute approximate surface area is 675 Å². The normalized spacial score (nSPS) is 14.2. The van der Waals surface area contributed by atoms with Gasteiger partial charge in [-0.1, -0.05) is 59.7 Å². The number of halogens is 9. The van der Waals surface area contributed by atoms with Crippen molar-refractivity contribution < 1.29 is 31.3 Å². The van der Waals surface area contributed by atoms with E-state index in [1.807, 2.05) is 10.6 Å². The highest BCUT2D eigenvalue weighted by Gasteiger charge is 2.30. The van der Waals surface area contributed by atoms with Gasteiger partial charge in [0.2, 0.25) is 40.4 Å². The molecule has 0 saturated carbocycles.